The van der Waals surface area contributed by atoms with Crippen molar-refractivity contribution in [3.8, 4) is 0 Å². The van der Waals surface area contributed by atoms with Crippen LogP contribution in [0.1, 0.15) is 155 Å². The highest BCUT2D eigenvalue weighted by Crippen LogP contribution is 2.43. The van der Waals surface area contributed by atoms with E-state index in [9.17, 15) is 19.0 Å². The van der Waals surface area contributed by atoms with Crippen molar-refractivity contribution in [1.29, 1.82) is 0 Å². The van der Waals surface area contributed by atoms with Gasteiger partial charge in [-0.2, -0.15) is 0 Å². The van der Waals surface area contributed by atoms with E-state index in [1.165, 1.54) is 83.5 Å². The molecule has 0 rings (SSSR count). The molecule has 0 spiro atoms. The highest BCUT2D eigenvalue weighted by Gasteiger charge is 2.27. The number of nitrogens with zero attached hydrogens (tertiary/aromatic N) is 1. The SMILES string of the molecule is CCCCCCC/C=C\C/C=C\C/C=C\CCC(=O)OC(COC(=O)CC/C=C\CCCCCCCCCCC)COP(=O)(O)OCC[N+](C)(C)C. The van der Waals surface area contributed by atoms with Crippen molar-refractivity contribution in [2.24, 2.45) is 0 Å². The highest BCUT2D eigenvalue weighted by molar-refractivity contribution is 7.47. The third-order valence-corrected chi connectivity index (χ3v) is 9.34. The minimum Gasteiger partial charge on any atom is -0.462 e. The molecule has 52 heavy (non-hydrogen) atoms. The van der Waals surface area contributed by atoms with Gasteiger partial charge in [-0.1, -0.05) is 140 Å². The minimum absolute atomic E-state index is 0.0147. The van der Waals surface area contributed by atoms with Gasteiger partial charge in [0.1, 0.15) is 19.8 Å². The predicted octanol–water partition coefficient (Wildman–Crippen LogP) is 11.1. The van der Waals surface area contributed by atoms with Crippen molar-refractivity contribution < 1.29 is 42.1 Å². The zero-order chi connectivity index (χ0) is 38.6. The Morgan fingerprint density at radius 3 is 1.58 bits per heavy atom. The molecule has 2 atom stereocenters. The van der Waals surface area contributed by atoms with Gasteiger partial charge in [-0.05, 0) is 51.4 Å². The molecule has 0 radical (unpaired) electrons. The molecule has 9 nitrogen and oxygen atoms in total. The number of likely N-dealkylation sites (N-methyl/N-ethyl adjacent to an activating group) is 1. The molecule has 0 amide bonds. The number of quaternary nitrogens is 1. The van der Waals surface area contributed by atoms with E-state index in [2.05, 4.69) is 44.2 Å². The Bertz CT molecular complexity index is 1030. The summed E-state index contributed by atoms with van der Waals surface area (Å²) in [5.74, 6) is -0.947. The number of hydrogen-bond donors (Lipinski definition) is 1. The number of carbonyl (C=O) groups is 2. The Morgan fingerprint density at radius 1 is 0.596 bits per heavy atom. The zero-order valence-electron chi connectivity index (χ0n) is 33.8. The van der Waals surface area contributed by atoms with E-state index in [1.54, 1.807) is 0 Å². The first kappa shape index (κ1) is 50.0. The van der Waals surface area contributed by atoms with E-state index < -0.39 is 32.5 Å². The van der Waals surface area contributed by atoms with E-state index in [4.69, 9.17) is 18.5 Å². The van der Waals surface area contributed by atoms with Gasteiger partial charge < -0.3 is 18.9 Å². The maximum Gasteiger partial charge on any atom is 0.472 e. The molecule has 0 aromatic rings. The van der Waals surface area contributed by atoms with Crippen LogP contribution >= 0.6 is 7.82 Å². The molecule has 1 N–H and O–H groups in total. The van der Waals surface area contributed by atoms with Crippen molar-refractivity contribution in [3.05, 3.63) is 48.6 Å². The Kier molecular flexibility index (Phi) is 33.4. The topological polar surface area (TPSA) is 108 Å². The number of phosphoric ester groups is 1. The first-order chi connectivity index (χ1) is 25.0. The summed E-state index contributed by atoms with van der Waals surface area (Å²) >= 11 is 0. The van der Waals surface area contributed by atoms with Gasteiger partial charge in [0.15, 0.2) is 6.10 Å². The Hall–Kier alpha value is -2.03. The summed E-state index contributed by atoms with van der Waals surface area (Å²) in [5, 5.41) is 0. The molecule has 0 aromatic carbocycles. The van der Waals surface area contributed by atoms with Crippen LogP contribution in [-0.4, -0.2) is 74.9 Å². The van der Waals surface area contributed by atoms with E-state index in [-0.39, 0.29) is 26.1 Å². The molecular formula is C42H77NO8P+. The summed E-state index contributed by atoms with van der Waals surface area (Å²) in [6, 6.07) is 0. The second kappa shape index (κ2) is 34.7. The molecular weight excluding hydrogens is 677 g/mol. The lowest BCUT2D eigenvalue weighted by molar-refractivity contribution is -0.870. The monoisotopic (exact) mass is 755 g/mol. The first-order valence-electron chi connectivity index (χ1n) is 20.4. The fourth-order valence-corrected chi connectivity index (χ4v) is 5.86. The standard InChI is InChI=1S/C42H76NO8P/c1-6-8-10-12-14-16-18-20-21-23-25-27-29-31-33-35-42(45)51-40(39-50-52(46,47)49-37-36-43(3,4)5)38-48-41(44)34-32-30-28-26-24-22-19-17-15-13-11-9-7-2/h18,20,23,25,28-31,40H,6-17,19,21-22,24,26-27,32-39H2,1-5H3/p+1/b20-18-,25-23-,30-28-,31-29-. The summed E-state index contributed by atoms with van der Waals surface area (Å²) in [4.78, 5) is 35.2. The number of phosphoric acid groups is 1. The average Bonchev–Trinajstić information content (AvgIpc) is 3.09. The van der Waals surface area contributed by atoms with Crippen molar-refractivity contribution >= 4 is 19.8 Å². The van der Waals surface area contributed by atoms with Gasteiger partial charge in [0.25, 0.3) is 0 Å². The molecule has 302 valence electrons. The lowest BCUT2D eigenvalue weighted by Crippen LogP contribution is -2.37. The number of unbranched alkanes of at least 4 members (excludes halogenated alkanes) is 14. The van der Waals surface area contributed by atoms with Gasteiger partial charge in [0, 0.05) is 12.8 Å². The summed E-state index contributed by atoms with van der Waals surface area (Å²) < 4.78 is 34.0. The van der Waals surface area contributed by atoms with Gasteiger partial charge in [0.2, 0.25) is 0 Å². The average molecular weight is 755 g/mol. The van der Waals surface area contributed by atoms with Gasteiger partial charge in [-0.25, -0.2) is 4.57 Å². The number of allylic oxidation sites excluding steroid dienone is 8. The second-order valence-corrected chi connectivity index (χ2v) is 16.1. The van der Waals surface area contributed by atoms with Crippen LogP contribution < -0.4 is 0 Å². The number of carbonyl (C=O) groups excluding carboxylic acids is 2. The quantitative estimate of drug-likeness (QED) is 0.0221. The molecule has 0 fully saturated rings. The molecule has 0 aliphatic carbocycles. The minimum atomic E-state index is -4.39. The van der Waals surface area contributed by atoms with Crippen LogP contribution in [0.5, 0.6) is 0 Å². The molecule has 0 aromatic heterocycles. The largest absolute Gasteiger partial charge is 0.472 e. The third kappa shape index (κ3) is 37.7. The van der Waals surface area contributed by atoms with Gasteiger partial charge in [0.05, 0.1) is 27.7 Å². The number of rotatable bonds is 36. The fraction of sp³-hybridized carbons (Fsp3) is 0.762. The molecule has 0 bridgehead atoms. The Morgan fingerprint density at radius 2 is 1.04 bits per heavy atom. The lowest BCUT2D eigenvalue weighted by Gasteiger charge is -2.24. The van der Waals surface area contributed by atoms with E-state index in [0.717, 1.165) is 32.1 Å². The van der Waals surface area contributed by atoms with Crippen LogP contribution in [0.2, 0.25) is 0 Å². The van der Waals surface area contributed by atoms with Crippen LogP contribution in [0.4, 0.5) is 0 Å². The molecule has 0 aliphatic heterocycles. The van der Waals surface area contributed by atoms with Crippen LogP contribution in [0, 0.1) is 0 Å². The summed E-state index contributed by atoms with van der Waals surface area (Å²) in [5.41, 5.74) is 0. The summed E-state index contributed by atoms with van der Waals surface area (Å²) in [6.45, 7) is 4.27. The van der Waals surface area contributed by atoms with E-state index in [1.807, 2.05) is 39.4 Å². The third-order valence-electron chi connectivity index (χ3n) is 8.36. The summed E-state index contributed by atoms with van der Waals surface area (Å²) in [6.07, 6.45) is 39.0. The summed E-state index contributed by atoms with van der Waals surface area (Å²) in [7, 11) is 1.42. The zero-order valence-corrected chi connectivity index (χ0v) is 34.7. The molecule has 0 saturated carbocycles. The van der Waals surface area contributed by atoms with Crippen LogP contribution in [0.25, 0.3) is 0 Å². The van der Waals surface area contributed by atoms with Gasteiger partial charge in [-0.3, -0.25) is 18.6 Å². The number of esters is 2. The van der Waals surface area contributed by atoms with Crippen molar-refractivity contribution in [2.45, 2.75) is 161 Å². The normalized spacial score (nSPS) is 14.2. The van der Waals surface area contributed by atoms with E-state index >= 15 is 0 Å². The molecule has 0 aliphatic rings. The smallest absolute Gasteiger partial charge is 0.462 e. The van der Waals surface area contributed by atoms with Crippen molar-refractivity contribution in [2.75, 3.05) is 47.5 Å². The van der Waals surface area contributed by atoms with Crippen molar-refractivity contribution in [3.63, 3.8) is 0 Å². The van der Waals surface area contributed by atoms with Gasteiger partial charge in [-0.15, -0.1) is 0 Å². The Balaban J connectivity index is 4.57. The molecule has 0 heterocycles. The maximum atomic E-state index is 12.6. The van der Waals surface area contributed by atoms with Crippen LogP contribution in [0.15, 0.2) is 48.6 Å². The maximum absolute atomic E-state index is 12.6. The Labute approximate surface area is 318 Å². The number of hydrogen-bond acceptors (Lipinski definition) is 7. The molecule has 10 heteroatoms. The lowest BCUT2D eigenvalue weighted by atomic mass is 10.1. The van der Waals surface area contributed by atoms with Crippen LogP contribution in [0.3, 0.4) is 0 Å². The van der Waals surface area contributed by atoms with E-state index in [0.29, 0.717) is 23.9 Å². The first-order valence-corrected chi connectivity index (χ1v) is 21.9. The van der Waals surface area contributed by atoms with Crippen molar-refractivity contribution in [1.82, 2.24) is 0 Å². The van der Waals surface area contributed by atoms with Crippen LogP contribution in [-0.2, 0) is 32.7 Å². The molecule has 0 saturated heterocycles. The van der Waals surface area contributed by atoms with Gasteiger partial charge >= 0.3 is 19.8 Å². The predicted molar refractivity (Wildman–Crippen MR) is 215 cm³/mol. The molecule has 2 unspecified atom stereocenters. The highest BCUT2D eigenvalue weighted by atomic mass is 31.2. The number of ether oxygens (including phenoxy) is 2. The second-order valence-electron chi connectivity index (χ2n) is 14.7. The fourth-order valence-electron chi connectivity index (χ4n) is 5.12.